The van der Waals surface area contributed by atoms with E-state index in [9.17, 15) is 0 Å². The first-order valence-electron chi connectivity index (χ1n) is 9.32. The summed E-state index contributed by atoms with van der Waals surface area (Å²) >= 11 is 0. The molecule has 0 fully saturated rings. The van der Waals surface area contributed by atoms with Crippen LogP contribution in [0.3, 0.4) is 0 Å². The second-order valence-corrected chi connectivity index (χ2v) is 7.09. The second kappa shape index (κ2) is 6.48. The molecule has 132 valence electrons. The Balaban J connectivity index is 1.50. The summed E-state index contributed by atoms with van der Waals surface area (Å²) in [4.78, 5) is 0. The molecular formula is C25H21NO. The Hall–Kier alpha value is -3.26. The second-order valence-electron chi connectivity index (χ2n) is 7.09. The fraction of sp³-hybridized carbons (Fsp3) is 0.120. The number of aromatic nitrogens is 1. The highest BCUT2D eigenvalue weighted by Crippen LogP contribution is 2.29. The third-order valence-corrected chi connectivity index (χ3v) is 5.40. The Kier molecular flexibility index (Phi) is 3.83. The zero-order chi connectivity index (χ0) is 18.2. The number of rotatable bonds is 4. The molecule has 0 aliphatic heterocycles. The quantitative estimate of drug-likeness (QED) is 0.444. The van der Waals surface area contributed by atoms with Crippen LogP contribution in [0.5, 0.6) is 5.75 Å². The minimum atomic E-state index is 0.852. The van der Waals surface area contributed by atoms with Gasteiger partial charge in [-0.15, -0.1) is 0 Å². The first kappa shape index (κ1) is 16.0. The van der Waals surface area contributed by atoms with E-state index in [2.05, 4.69) is 77.5 Å². The van der Waals surface area contributed by atoms with Gasteiger partial charge in [-0.05, 0) is 63.9 Å². The van der Waals surface area contributed by atoms with Gasteiger partial charge in [0.25, 0.3) is 0 Å². The highest BCUT2D eigenvalue weighted by molar-refractivity contribution is 5.86. The van der Waals surface area contributed by atoms with E-state index in [4.69, 9.17) is 4.74 Å². The Labute approximate surface area is 159 Å². The molecule has 0 radical (unpaired) electrons. The molecule has 1 heterocycles. The molecule has 1 aliphatic carbocycles. The van der Waals surface area contributed by atoms with E-state index in [-0.39, 0.29) is 0 Å². The average molecular weight is 351 g/mol. The summed E-state index contributed by atoms with van der Waals surface area (Å²) in [5, 5.41) is 1.27. The van der Waals surface area contributed by atoms with E-state index >= 15 is 0 Å². The van der Waals surface area contributed by atoms with Gasteiger partial charge in [-0.2, -0.15) is 0 Å². The first-order valence-corrected chi connectivity index (χ1v) is 9.32. The SMILES string of the molecule is COc1ccc(Cn2ccc3ccc(-c4ccc5c(c4)CC=C5)cc32)cc1. The first-order chi connectivity index (χ1) is 13.3. The Morgan fingerprint density at radius 3 is 2.56 bits per heavy atom. The predicted molar refractivity (Wildman–Crippen MR) is 112 cm³/mol. The van der Waals surface area contributed by atoms with Crippen molar-refractivity contribution in [2.45, 2.75) is 13.0 Å². The Morgan fingerprint density at radius 2 is 1.70 bits per heavy atom. The van der Waals surface area contributed by atoms with Gasteiger partial charge in [0.2, 0.25) is 0 Å². The van der Waals surface area contributed by atoms with Crippen LogP contribution >= 0.6 is 0 Å². The summed E-state index contributed by atoms with van der Waals surface area (Å²) in [5.41, 5.74) is 7.86. The van der Waals surface area contributed by atoms with E-state index in [1.807, 2.05) is 12.1 Å². The molecule has 0 saturated heterocycles. The predicted octanol–water partition coefficient (Wildman–Crippen LogP) is 5.93. The molecule has 3 aromatic carbocycles. The summed E-state index contributed by atoms with van der Waals surface area (Å²) < 4.78 is 7.57. The number of hydrogen-bond acceptors (Lipinski definition) is 1. The van der Waals surface area contributed by atoms with Gasteiger partial charge in [-0.3, -0.25) is 0 Å². The summed E-state index contributed by atoms with van der Waals surface area (Å²) in [6.45, 7) is 0.852. The fourth-order valence-corrected chi connectivity index (χ4v) is 3.87. The maximum atomic E-state index is 5.26. The maximum absolute atomic E-state index is 5.26. The van der Waals surface area contributed by atoms with Gasteiger partial charge in [-0.25, -0.2) is 0 Å². The maximum Gasteiger partial charge on any atom is 0.118 e. The molecule has 0 atom stereocenters. The topological polar surface area (TPSA) is 14.2 Å². The summed E-state index contributed by atoms with van der Waals surface area (Å²) in [5.74, 6) is 0.893. The monoisotopic (exact) mass is 351 g/mol. The van der Waals surface area contributed by atoms with Crippen molar-refractivity contribution in [3.8, 4) is 16.9 Å². The number of allylic oxidation sites excluding steroid dienone is 1. The average Bonchev–Trinajstić information content (AvgIpc) is 3.34. The molecule has 1 aliphatic rings. The van der Waals surface area contributed by atoms with Crippen LogP contribution in [0, 0.1) is 0 Å². The van der Waals surface area contributed by atoms with Crippen LogP contribution in [0.15, 0.2) is 79.0 Å². The van der Waals surface area contributed by atoms with Crippen LogP contribution in [0.2, 0.25) is 0 Å². The normalized spacial score (nSPS) is 12.5. The Morgan fingerprint density at radius 1 is 0.889 bits per heavy atom. The van der Waals surface area contributed by atoms with Crippen molar-refractivity contribution >= 4 is 17.0 Å². The van der Waals surface area contributed by atoms with Crippen molar-refractivity contribution in [2.24, 2.45) is 0 Å². The van der Waals surface area contributed by atoms with Crippen molar-refractivity contribution in [1.29, 1.82) is 0 Å². The molecule has 0 unspecified atom stereocenters. The minimum absolute atomic E-state index is 0.852. The molecule has 0 N–H and O–H groups in total. The number of ether oxygens (including phenoxy) is 1. The zero-order valence-electron chi connectivity index (χ0n) is 15.4. The van der Waals surface area contributed by atoms with Crippen molar-refractivity contribution in [2.75, 3.05) is 7.11 Å². The number of fused-ring (bicyclic) bond motifs is 2. The zero-order valence-corrected chi connectivity index (χ0v) is 15.4. The van der Waals surface area contributed by atoms with Gasteiger partial charge in [-0.1, -0.05) is 54.6 Å². The summed E-state index contributed by atoms with van der Waals surface area (Å²) in [6.07, 6.45) is 7.66. The van der Waals surface area contributed by atoms with E-state index in [1.165, 1.54) is 38.7 Å². The van der Waals surface area contributed by atoms with E-state index in [1.54, 1.807) is 7.11 Å². The van der Waals surface area contributed by atoms with E-state index in [0.29, 0.717) is 0 Å². The van der Waals surface area contributed by atoms with Gasteiger partial charge in [0, 0.05) is 18.3 Å². The van der Waals surface area contributed by atoms with E-state index < -0.39 is 0 Å². The molecule has 4 aromatic rings. The van der Waals surface area contributed by atoms with Crippen molar-refractivity contribution < 1.29 is 4.74 Å². The lowest BCUT2D eigenvalue weighted by Gasteiger charge is -2.09. The van der Waals surface area contributed by atoms with Gasteiger partial charge in [0.15, 0.2) is 0 Å². The lowest BCUT2D eigenvalue weighted by Crippen LogP contribution is -1.98. The molecule has 2 nitrogen and oxygen atoms in total. The number of nitrogens with zero attached hydrogens (tertiary/aromatic N) is 1. The van der Waals surface area contributed by atoms with Gasteiger partial charge in [0.1, 0.15) is 5.75 Å². The Bertz CT molecular complexity index is 1150. The fourth-order valence-electron chi connectivity index (χ4n) is 3.87. The van der Waals surface area contributed by atoms with Crippen LogP contribution in [0.25, 0.3) is 28.1 Å². The lowest BCUT2D eigenvalue weighted by atomic mass is 9.99. The van der Waals surface area contributed by atoms with Crippen molar-refractivity contribution in [3.63, 3.8) is 0 Å². The van der Waals surface area contributed by atoms with Gasteiger partial charge < -0.3 is 9.30 Å². The molecule has 2 heteroatoms. The third kappa shape index (κ3) is 2.93. The molecule has 0 saturated carbocycles. The standard InChI is InChI=1S/C25H21NO/c1-27-24-11-5-18(6-12-24)17-26-14-13-20-8-10-23(16-25(20)26)22-9-7-19-3-2-4-21(19)15-22/h2-3,5-16H,4,17H2,1H3. The molecular weight excluding hydrogens is 330 g/mol. The van der Waals surface area contributed by atoms with Gasteiger partial charge >= 0.3 is 0 Å². The molecule has 27 heavy (non-hydrogen) atoms. The van der Waals surface area contributed by atoms with Crippen LogP contribution in [0.1, 0.15) is 16.7 Å². The van der Waals surface area contributed by atoms with Gasteiger partial charge in [0.05, 0.1) is 7.11 Å². The summed E-state index contributed by atoms with van der Waals surface area (Å²) in [7, 11) is 1.70. The third-order valence-electron chi connectivity index (χ3n) is 5.40. The highest BCUT2D eigenvalue weighted by Gasteiger charge is 2.09. The molecule has 5 rings (SSSR count). The van der Waals surface area contributed by atoms with Crippen molar-refractivity contribution in [3.05, 3.63) is 95.7 Å². The van der Waals surface area contributed by atoms with Crippen LogP contribution in [-0.4, -0.2) is 11.7 Å². The number of benzene rings is 3. The van der Waals surface area contributed by atoms with Crippen molar-refractivity contribution in [1.82, 2.24) is 4.57 Å². The number of hydrogen-bond donors (Lipinski definition) is 0. The smallest absolute Gasteiger partial charge is 0.118 e. The molecule has 1 aromatic heterocycles. The minimum Gasteiger partial charge on any atom is -0.497 e. The van der Waals surface area contributed by atoms with Crippen LogP contribution < -0.4 is 4.74 Å². The highest BCUT2D eigenvalue weighted by atomic mass is 16.5. The van der Waals surface area contributed by atoms with Crippen LogP contribution in [-0.2, 0) is 13.0 Å². The lowest BCUT2D eigenvalue weighted by molar-refractivity contribution is 0.414. The molecule has 0 amide bonds. The largest absolute Gasteiger partial charge is 0.497 e. The van der Waals surface area contributed by atoms with E-state index in [0.717, 1.165) is 18.7 Å². The van der Waals surface area contributed by atoms with Crippen LogP contribution in [0.4, 0.5) is 0 Å². The molecule has 0 spiro atoms. The molecule has 0 bridgehead atoms. The number of methoxy groups -OCH3 is 1. The summed E-state index contributed by atoms with van der Waals surface area (Å²) in [6, 6.07) is 24.0.